The number of hydrogen-bond donors (Lipinski definition) is 0. The third-order valence-electron chi connectivity index (χ3n) is 3.42. The van der Waals surface area contributed by atoms with Crippen LogP contribution in [-0.2, 0) is 13.8 Å². The van der Waals surface area contributed by atoms with Crippen molar-refractivity contribution >= 4 is 34.6 Å². The van der Waals surface area contributed by atoms with Crippen LogP contribution in [0.15, 0.2) is 30.3 Å². The minimum absolute atomic E-state index is 0.105. The Morgan fingerprint density at radius 1 is 1.35 bits per heavy atom. The minimum atomic E-state index is -2.61. The molecule has 20 heavy (non-hydrogen) atoms. The first-order valence-corrected chi connectivity index (χ1v) is 10.8. The van der Waals surface area contributed by atoms with Crippen LogP contribution in [0.4, 0.5) is 0 Å². The van der Waals surface area contributed by atoms with Gasteiger partial charge in [-0.3, -0.25) is 0 Å². The molecule has 1 aromatic carbocycles. The number of benzene rings is 1. The van der Waals surface area contributed by atoms with Crippen molar-refractivity contribution in [3.05, 3.63) is 30.3 Å². The molecule has 1 fully saturated rings. The van der Waals surface area contributed by atoms with Gasteiger partial charge in [0.15, 0.2) is 0 Å². The summed E-state index contributed by atoms with van der Waals surface area (Å²) in [6.45, 7) is 1.61. The topological polar surface area (TPSA) is 35.5 Å². The first-order chi connectivity index (χ1) is 9.50. The molecular formula is C14H20BO3PSe. The molecule has 2 radical (unpaired) electrons. The molecular weight excluding hydrogens is 337 g/mol. The molecule has 108 valence electrons. The molecule has 1 aliphatic carbocycles. The second kappa shape index (κ2) is 7.29. The molecule has 0 amide bonds. The van der Waals surface area contributed by atoms with Gasteiger partial charge in [-0.2, -0.15) is 0 Å². The van der Waals surface area contributed by atoms with Crippen LogP contribution < -0.4 is 4.46 Å². The number of hydrogen-bond acceptors (Lipinski definition) is 3. The van der Waals surface area contributed by atoms with Crippen molar-refractivity contribution in [1.82, 2.24) is 0 Å². The Balaban J connectivity index is 1.95. The molecule has 2 rings (SSSR count). The van der Waals surface area contributed by atoms with E-state index in [2.05, 4.69) is 24.3 Å². The van der Waals surface area contributed by atoms with Gasteiger partial charge >= 0.3 is 128 Å². The average Bonchev–Trinajstić information content (AvgIpc) is 2.78. The van der Waals surface area contributed by atoms with Crippen LogP contribution in [0.1, 0.15) is 12.8 Å². The van der Waals surface area contributed by atoms with E-state index in [0.717, 1.165) is 12.8 Å². The average molecular weight is 357 g/mol. The Bertz CT molecular complexity index is 471. The van der Waals surface area contributed by atoms with E-state index >= 15 is 0 Å². The molecule has 0 heterocycles. The second-order valence-corrected chi connectivity index (χ2v) is 10.6. The number of ether oxygens (including phenoxy) is 1. The third-order valence-corrected chi connectivity index (χ3v) is 7.63. The zero-order valence-corrected chi connectivity index (χ0v) is 14.5. The van der Waals surface area contributed by atoms with Crippen molar-refractivity contribution in [2.24, 2.45) is 0 Å². The first-order valence-electron chi connectivity index (χ1n) is 6.71. The van der Waals surface area contributed by atoms with E-state index in [9.17, 15) is 4.57 Å². The Kier molecular flexibility index (Phi) is 5.95. The van der Waals surface area contributed by atoms with Gasteiger partial charge in [-0.15, -0.1) is 0 Å². The quantitative estimate of drug-likeness (QED) is 0.580. The van der Waals surface area contributed by atoms with Crippen molar-refractivity contribution in [2.75, 3.05) is 20.1 Å². The van der Waals surface area contributed by atoms with Gasteiger partial charge in [0.05, 0.1) is 0 Å². The summed E-state index contributed by atoms with van der Waals surface area (Å²) in [7, 11) is 4.93. The maximum atomic E-state index is 11.9. The van der Waals surface area contributed by atoms with E-state index in [1.54, 1.807) is 6.66 Å². The zero-order valence-electron chi connectivity index (χ0n) is 11.9. The summed E-state index contributed by atoms with van der Waals surface area (Å²) >= 11 is 0.338. The molecule has 6 heteroatoms. The van der Waals surface area contributed by atoms with Gasteiger partial charge in [0.1, 0.15) is 0 Å². The Hall–Kier alpha value is -0.0456. The second-order valence-electron chi connectivity index (χ2n) is 5.23. The zero-order chi connectivity index (χ0) is 14.6. The van der Waals surface area contributed by atoms with Crippen LogP contribution in [0.25, 0.3) is 0 Å². The fourth-order valence-corrected chi connectivity index (χ4v) is 5.65. The Morgan fingerprint density at radius 2 is 2.05 bits per heavy atom. The Labute approximate surface area is 128 Å². The van der Waals surface area contributed by atoms with Crippen LogP contribution in [-0.4, -0.2) is 49.0 Å². The van der Waals surface area contributed by atoms with Gasteiger partial charge in [-0.25, -0.2) is 0 Å². The Morgan fingerprint density at radius 3 is 2.70 bits per heavy atom. The summed E-state index contributed by atoms with van der Waals surface area (Å²) in [5, 5.41) is 0. The van der Waals surface area contributed by atoms with E-state index in [1.807, 2.05) is 6.07 Å². The summed E-state index contributed by atoms with van der Waals surface area (Å²) < 4.78 is 24.1. The molecule has 0 saturated heterocycles. The van der Waals surface area contributed by atoms with Crippen molar-refractivity contribution < 1.29 is 13.8 Å². The van der Waals surface area contributed by atoms with Crippen molar-refractivity contribution in [3.8, 4) is 0 Å². The van der Waals surface area contributed by atoms with Gasteiger partial charge < -0.3 is 0 Å². The van der Waals surface area contributed by atoms with Gasteiger partial charge in [-0.05, 0) is 0 Å². The molecule has 0 bridgehead atoms. The molecule has 0 spiro atoms. The van der Waals surface area contributed by atoms with E-state index in [4.69, 9.17) is 17.1 Å². The SMILES string of the molecule is [B]C1CC(OCP(C)(=O)OC)C([Se]c2ccccc2)C1. The molecule has 0 aliphatic heterocycles. The molecule has 1 aromatic rings. The van der Waals surface area contributed by atoms with Crippen LogP contribution in [0.5, 0.6) is 0 Å². The van der Waals surface area contributed by atoms with Gasteiger partial charge in [0.2, 0.25) is 0 Å². The first kappa shape index (κ1) is 16.3. The fraction of sp³-hybridized carbons (Fsp3) is 0.571. The van der Waals surface area contributed by atoms with Crippen LogP contribution in [0.3, 0.4) is 0 Å². The molecule has 3 nitrogen and oxygen atoms in total. The van der Waals surface area contributed by atoms with E-state index in [-0.39, 0.29) is 18.3 Å². The van der Waals surface area contributed by atoms with Gasteiger partial charge in [0.25, 0.3) is 0 Å². The molecule has 4 unspecified atom stereocenters. The maximum absolute atomic E-state index is 11.9. The summed E-state index contributed by atoms with van der Waals surface area (Å²) in [4.78, 5) is 0.455. The third kappa shape index (κ3) is 4.75. The van der Waals surface area contributed by atoms with E-state index in [1.165, 1.54) is 11.6 Å². The normalized spacial score (nSPS) is 29.2. The number of rotatable bonds is 6. The van der Waals surface area contributed by atoms with Crippen molar-refractivity contribution in [2.45, 2.75) is 29.6 Å². The molecule has 4 atom stereocenters. The van der Waals surface area contributed by atoms with Gasteiger partial charge in [-0.1, -0.05) is 0 Å². The summed E-state index contributed by atoms with van der Waals surface area (Å²) in [6, 6.07) is 10.5. The molecule has 0 N–H and O–H groups in total. The predicted molar refractivity (Wildman–Crippen MR) is 84.6 cm³/mol. The van der Waals surface area contributed by atoms with Crippen LogP contribution in [0, 0.1) is 0 Å². The molecule has 1 saturated carbocycles. The van der Waals surface area contributed by atoms with Gasteiger partial charge in [0, 0.05) is 0 Å². The van der Waals surface area contributed by atoms with Crippen LogP contribution in [0.2, 0.25) is 10.6 Å². The van der Waals surface area contributed by atoms with Crippen molar-refractivity contribution in [1.29, 1.82) is 0 Å². The fourth-order valence-electron chi connectivity index (χ4n) is 2.25. The summed E-state index contributed by atoms with van der Waals surface area (Å²) in [6.07, 6.45) is 2.12. The molecule has 0 aromatic heterocycles. The van der Waals surface area contributed by atoms with Crippen LogP contribution >= 0.6 is 7.37 Å². The standard InChI is InChI=1S/C14H20BO3PSe/c1-17-19(2,16)10-18-13-8-11(15)9-14(13)20-12-6-4-3-5-7-12/h3-7,11,13-14H,8-10H2,1-2H3. The van der Waals surface area contributed by atoms with E-state index < -0.39 is 7.37 Å². The van der Waals surface area contributed by atoms with Crippen molar-refractivity contribution in [3.63, 3.8) is 0 Å². The predicted octanol–water partition coefficient (Wildman–Crippen LogP) is 2.45. The molecule has 1 aliphatic rings. The summed E-state index contributed by atoms with van der Waals surface area (Å²) in [5.41, 5.74) is 0. The van der Waals surface area contributed by atoms with E-state index in [0.29, 0.717) is 19.8 Å². The summed E-state index contributed by atoms with van der Waals surface area (Å²) in [5.74, 6) is 0.189. The monoisotopic (exact) mass is 358 g/mol.